The van der Waals surface area contributed by atoms with Gasteiger partial charge in [0.05, 0.1) is 10.2 Å². The molecule has 162 valence electrons. The molecule has 0 bridgehead atoms. The Kier molecular flexibility index (Phi) is 8.28. The highest BCUT2D eigenvalue weighted by atomic mass is 35.5. The molecule has 1 amide bonds. The maximum absolute atomic E-state index is 13.4. The molecule has 0 fully saturated rings. The summed E-state index contributed by atoms with van der Waals surface area (Å²) in [6, 6.07) is 13.6. The van der Waals surface area contributed by atoms with Crippen molar-refractivity contribution < 1.29 is 4.79 Å². The molecular weight excluding hydrogens is 437 g/mol. The van der Waals surface area contributed by atoms with Gasteiger partial charge in [-0.1, -0.05) is 55.8 Å². The van der Waals surface area contributed by atoms with E-state index < -0.39 is 0 Å². The summed E-state index contributed by atoms with van der Waals surface area (Å²) in [5.74, 6) is -0.0191. The number of carbonyl (C=O) groups excluding carboxylic acids is 1. The zero-order valence-electron chi connectivity index (χ0n) is 18.1. The number of halogens is 2. The highest BCUT2D eigenvalue weighted by Crippen LogP contribution is 2.32. The molecule has 0 spiro atoms. The molecule has 0 radical (unpaired) electrons. The monoisotopic (exact) mass is 465 g/mol. The Hall–Kier alpha value is -1.66. The first-order valence-corrected chi connectivity index (χ1v) is 11.0. The van der Waals surface area contributed by atoms with E-state index in [1.165, 1.54) is 16.9 Å². The van der Waals surface area contributed by atoms with Gasteiger partial charge in [0, 0.05) is 17.1 Å². The molecule has 0 N–H and O–H groups in total. The van der Waals surface area contributed by atoms with E-state index in [2.05, 4.69) is 25.7 Å². The SMILES string of the molecule is CN(C)CCCN(C(=O)c1ccc(C(C)(C)C)cc1)c1nc2ccc(Cl)cc2s1.Cl. The number of rotatable bonds is 6. The highest BCUT2D eigenvalue weighted by Gasteiger charge is 2.22. The van der Waals surface area contributed by atoms with Crippen molar-refractivity contribution in [3.05, 3.63) is 58.6 Å². The maximum atomic E-state index is 13.4. The van der Waals surface area contributed by atoms with Gasteiger partial charge in [-0.25, -0.2) is 4.98 Å². The molecule has 0 aliphatic carbocycles. The first-order valence-electron chi connectivity index (χ1n) is 9.78. The van der Waals surface area contributed by atoms with Crippen LogP contribution in [0.25, 0.3) is 10.2 Å². The fourth-order valence-electron chi connectivity index (χ4n) is 3.10. The molecule has 0 unspecified atom stereocenters. The molecule has 0 atom stereocenters. The molecule has 1 aromatic heterocycles. The van der Waals surface area contributed by atoms with Crippen molar-refractivity contribution in [3.8, 4) is 0 Å². The number of anilines is 1. The summed E-state index contributed by atoms with van der Waals surface area (Å²) in [5, 5.41) is 1.39. The molecule has 1 heterocycles. The van der Waals surface area contributed by atoms with Gasteiger partial charge < -0.3 is 4.90 Å². The van der Waals surface area contributed by atoms with Gasteiger partial charge in [-0.15, -0.1) is 12.4 Å². The summed E-state index contributed by atoms with van der Waals surface area (Å²) in [6.07, 6.45) is 0.871. The van der Waals surface area contributed by atoms with Crippen LogP contribution in [0, 0.1) is 0 Å². The predicted octanol–water partition coefficient (Wildman–Crippen LogP) is 6.27. The van der Waals surface area contributed by atoms with Crippen LogP contribution in [0.3, 0.4) is 0 Å². The van der Waals surface area contributed by atoms with E-state index in [0.29, 0.717) is 22.3 Å². The molecule has 0 aliphatic rings. The molecule has 0 saturated carbocycles. The average Bonchev–Trinajstić information content (AvgIpc) is 3.06. The van der Waals surface area contributed by atoms with Crippen LogP contribution in [0.1, 0.15) is 43.1 Å². The smallest absolute Gasteiger partial charge is 0.260 e. The fraction of sp³-hybridized carbons (Fsp3) is 0.391. The lowest BCUT2D eigenvalue weighted by Gasteiger charge is -2.22. The van der Waals surface area contributed by atoms with Crippen molar-refractivity contribution >= 4 is 56.6 Å². The van der Waals surface area contributed by atoms with Gasteiger partial charge in [-0.05, 0) is 68.4 Å². The van der Waals surface area contributed by atoms with E-state index in [1.54, 1.807) is 4.90 Å². The van der Waals surface area contributed by atoms with Crippen molar-refractivity contribution in [2.24, 2.45) is 0 Å². The summed E-state index contributed by atoms with van der Waals surface area (Å²) >= 11 is 7.63. The van der Waals surface area contributed by atoms with Crippen LogP contribution in [0.2, 0.25) is 5.02 Å². The lowest BCUT2D eigenvalue weighted by Crippen LogP contribution is -2.33. The molecule has 30 heavy (non-hydrogen) atoms. The van der Waals surface area contributed by atoms with Crippen LogP contribution < -0.4 is 4.90 Å². The van der Waals surface area contributed by atoms with Gasteiger partial charge in [0.15, 0.2) is 5.13 Å². The van der Waals surface area contributed by atoms with E-state index in [-0.39, 0.29) is 23.7 Å². The zero-order chi connectivity index (χ0) is 21.2. The van der Waals surface area contributed by atoms with Crippen molar-refractivity contribution in [1.82, 2.24) is 9.88 Å². The first-order chi connectivity index (χ1) is 13.6. The Morgan fingerprint density at radius 3 is 2.33 bits per heavy atom. The number of amides is 1. The Morgan fingerprint density at radius 1 is 1.07 bits per heavy atom. The summed E-state index contributed by atoms with van der Waals surface area (Å²) in [7, 11) is 4.08. The summed E-state index contributed by atoms with van der Waals surface area (Å²) in [4.78, 5) is 22.0. The van der Waals surface area contributed by atoms with Gasteiger partial charge in [0.25, 0.3) is 5.91 Å². The molecule has 7 heteroatoms. The van der Waals surface area contributed by atoms with E-state index >= 15 is 0 Å². The molecule has 0 aliphatic heterocycles. The second-order valence-corrected chi connectivity index (χ2v) is 9.99. The van der Waals surface area contributed by atoms with Crippen LogP contribution in [-0.4, -0.2) is 43.0 Å². The molecule has 3 rings (SSSR count). The Morgan fingerprint density at radius 2 is 1.73 bits per heavy atom. The van der Waals surface area contributed by atoms with E-state index in [9.17, 15) is 4.79 Å². The lowest BCUT2D eigenvalue weighted by molar-refractivity contribution is 0.0986. The minimum absolute atomic E-state index is 0. The number of nitrogens with zero attached hydrogens (tertiary/aromatic N) is 3. The topological polar surface area (TPSA) is 36.4 Å². The normalized spacial score (nSPS) is 11.6. The quantitative estimate of drug-likeness (QED) is 0.430. The minimum Gasteiger partial charge on any atom is -0.309 e. The third-order valence-corrected chi connectivity index (χ3v) is 6.08. The second kappa shape index (κ2) is 10.1. The van der Waals surface area contributed by atoms with Crippen molar-refractivity contribution in [2.45, 2.75) is 32.6 Å². The number of benzene rings is 2. The molecule has 3 aromatic rings. The number of hydrogen-bond donors (Lipinski definition) is 0. The zero-order valence-corrected chi connectivity index (χ0v) is 20.5. The van der Waals surface area contributed by atoms with E-state index in [0.717, 1.165) is 23.2 Å². The van der Waals surface area contributed by atoms with Gasteiger partial charge in [0.1, 0.15) is 0 Å². The van der Waals surface area contributed by atoms with Crippen LogP contribution >= 0.6 is 35.3 Å². The van der Waals surface area contributed by atoms with Crippen LogP contribution in [0.15, 0.2) is 42.5 Å². The summed E-state index contributed by atoms with van der Waals surface area (Å²) < 4.78 is 0.987. The Labute approximate surface area is 194 Å². The van der Waals surface area contributed by atoms with Gasteiger partial charge in [0.2, 0.25) is 0 Å². The van der Waals surface area contributed by atoms with Gasteiger partial charge >= 0.3 is 0 Å². The average molecular weight is 466 g/mol. The molecule has 4 nitrogen and oxygen atoms in total. The number of hydrogen-bond acceptors (Lipinski definition) is 4. The van der Waals surface area contributed by atoms with E-state index in [4.69, 9.17) is 16.6 Å². The van der Waals surface area contributed by atoms with Crippen molar-refractivity contribution in [2.75, 3.05) is 32.1 Å². The number of fused-ring (bicyclic) bond motifs is 1. The Bertz CT molecular complexity index is 994. The number of aromatic nitrogens is 1. The van der Waals surface area contributed by atoms with Gasteiger partial charge in [-0.2, -0.15) is 0 Å². The highest BCUT2D eigenvalue weighted by molar-refractivity contribution is 7.22. The number of thiazole rings is 1. The first kappa shape index (κ1) is 24.6. The summed E-state index contributed by atoms with van der Waals surface area (Å²) in [6.45, 7) is 8.03. The third-order valence-electron chi connectivity index (χ3n) is 4.80. The molecule has 2 aromatic carbocycles. The third kappa shape index (κ3) is 5.94. The molecular formula is C23H29Cl2N3OS. The van der Waals surface area contributed by atoms with E-state index in [1.807, 2.05) is 56.6 Å². The van der Waals surface area contributed by atoms with Crippen molar-refractivity contribution in [3.63, 3.8) is 0 Å². The summed E-state index contributed by atoms with van der Waals surface area (Å²) in [5.41, 5.74) is 2.81. The minimum atomic E-state index is -0.0191. The van der Waals surface area contributed by atoms with Gasteiger partial charge in [-0.3, -0.25) is 9.69 Å². The van der Waals surface area contributed by atoms with Crippen LogP contribution in [0.5, 0.6) is 0 Å². The molecule has 0 saturated heterocycles. The Balaban J connectivity index is 0.00000320. The largest absolute Gasteiger partial charge is 0.309 e. The standard InChI is InChI=1S/C23H28ClN3OS.ClH/c1-23(2,3)17-9-7-16(8-10-17)21(28)27(14-6-13-26(4)5)22-25-19-12-11-18(24)15-20(19)29-22;/h7-12,15H,6,13-14H2,1-5H3;1H. The number of carbonyl (C=O) groups is 1. The second-order valence-electron chi connectivity index (χ2n) is 8.55. The van der Waals surface area contributed by atoms with Crippen LogP contribution in [0.4, 0.5) is 5.13 Å². The predicted molar refractivity (Wildman–Crippen MR) is 132 cm³/mol. The van der Waals surface area contributed by atoms with Crippen molar-refractivity contribution in [1.29, 1.82) is 0 Å². The lowest BCUT2D eigenvalue weighted by atomic mass is 9.86. The fourth-order valence-corrected chi connectivity index (χ4v) is 4.37. The maximum Gasteiger partial charge on any atom is 0.260 e. The van der Waals surface area contributed by atoms with Crippen LogP contribution in [-0.2, 0) is 5.41 Å².